The van der Waals surface area contributed by atoms with Gasteiger partial charge in [-0.1, -0.05) is 25.1 Å². The molecule has 1 aromatic carbocycles. The maximum atomic E-state index is 11.6. The molecule has 1 aromatic heterocycles. The van der Waals surface area contributed by atoms with Crippen LogP contribution in [0.4, 0.5) is 5.69 Å². The zero-order valence-electron chi connectivity index (χ0n) is 11.5. The second kappa shape index (κ2) is 6.86. The molecule has 2 N–H and O–H groups in total. The van der Waals surface area contributed by atoms with Gasteiger partial charge in [-0.15, -0.1) is 0 Å². The molecule has 0 amide bonds. The van der Waals surface area contributed by atoms with E-state index in [4.69, 9.17) is 0 Å². The van der Waals surface area contributed by atoms with Crippen LogP contribution in [0.25, 0.3) is 0 Å². The number of nitrogens with zero attached hydrogens (tertiary/aromatic N) is 2. The summed E-state index contributed by atoms with van der Waals surface area (Å²) in [4.78, 5) is 20.7. The molecular formula is C15H19N3O2. The monoisotopic (exact) mass is 273 g/mol. The predicted molar refractivity (Wildman–Crippen MR) is 78.8 cm³/mol. The normalized spacial score (nSPS) is 10.5. The van der Waals surface area contributed by atoms with E-state index in [1.165, 1.54) is 6.07 Å². The highest BCUT2D eigenvalue weighted by Crippen LogP contribution is 2.14. The van der Waals surface area contributed by atoms with E-state index in [9.17, 15) is 9.90 Å². The number of aliphatic hydroxyl groups excluding tert-OH is 1. The van der Waals surface area contributed by atoms with Gasteiger partial charge in [-0.25, -0.2) is 4.98 Å². The maximum absolute atomic E-state index is 11.6. The number of hydrogen-bond donors (Lipinski definition) is 2. The Kier molecular flexibility index (Phi) is 4.90. The van der Waals surface area contributed by atoms with Crippen molar-refractivity contribution in [1.29, 1.82) is 0 Å². The molecular weight excluding hydrogens is 254 g/mol. The first-order valence-corrected chi connectivity index (χ1v) is 6.73. The number of H-pyrrole nitrogens is 1. The van der Waals surface area contributed by atoms with Crippen molar-refractivity contribution < 1.29 is 5.11 Å². The van der Waals surface area contributed by atoms with Crippen LogP contribution < -0.4 is 10.5 Å². The summed E-state index contributed by atoms with van der Waals surface area (Å²) in [6.45, 7) is 2.97. The van der Waals surface area contributed by atoms with Crippen LogP contribution in [0.15, 0.2) is 41.2 Å². The van der Waals surface area contributed by atoms with Crippen LogP contribution >= 0.6 is 0 Å². The molecule has 0 radical (unpaired) electrons. The van der Waals surface area contributed by atoms with Crippen molar-refractivity contribution in [3.8, 4) is 0 Å². The van der Waals surface area contributed by atoms with Gasteiger partial charge in [-0.2, -0.15) is 0 Å². The van der Waals surface area contributed by atoms with Crippen LogP contribution in [0, 0.1) is 0 Å². The third-order valence-electron chi connectivity index (χ3n) is 3.04. The minimum absolute atomic E-state index is 0.0482. The number of aromatic nitrogens is 2. The number of rotatable bonds is 6. The molecule has 5 heteroatoms. The summed E-state index contributed by atoms with van der Waals surface area (Å²) in [5.74, 6) is 0.617. The first kappa shape index (κ1) is 14.3. The summed E-state index contributed by atoms with van der Waals surface area (Å²) < 4.78 is 0. The Balaban J connectivity index is 2.24. The van der Waals surface area contributed by atoms with E-state index < -0.39 is 0 Å². The van der Waals surface area contributed by atoms with Crippen LogP contribution in [-0.2, 0) is 13.0 Å². The summed E-state index contributed by atoms with van der Waals surface area (Å²) >= 11 is 0. The largest absolute Gasteiger partial charge is 0.395 e. The van der Waals surface area contributed by atoms with Crippen LogP contribution in [0.1, 0.15) is 18.4 Å². The number of aryl methyl sites for hydroxylation is 1. The molecule has 0 saturated heterocycles. The molecule has 5 nitrogen and oxygen atoms in total. The Morgan fingerprint density at radius 2 is 2.05 bits per heavy atom. The summed E-state index contributed by atoms with van der Waals surface area (Å²) in [6.07, 6.45) is 0.724. The highest BCUT2D eigenvalue weighted by Gasteiger charge is 2.09. The zero-order valence-corrected chi connectivity index (χ0v) is 11.5. The van der Waals surface area contributed by atoms with Gasteiger partial charge < -0.3 is 15.0 Å². The minimum atomic E-state index is -0.135. The summed E-state index contributed by atoms with van der Waals surface area (Å²) in [5, 5.41) is 9.20. The summed E-state index contributed by atoms with van der Waals surface area (Å²) in [7, 11) is 0. The van der Waals surface area contributed by atoms with Crippen molar-refractivity contribution in [3.63, 3.8) is 0 Å². The van der Waals surface area contributed by atoms with Crippen molar-refractivity contribution in [1.82, 2.24) is 9.97 Å². The fraction of sp³-hybridized carbons (Fsp3) is 0.333. The quantitative estimate of drug-likeness (QED) is 0.833. The molecule has 0 unspecified atom stereocenters. The smallest absolute Gasteiger partial charge is 0.251 e. The van der Waals surface area contributed by atoms with Crippen molar-refractivity contribution in [2.75, 3.05) is 18.1 Å². The van der Waals surface area contributed by atoms with Crippen molar-refractivity contribution in [2.24, 2.45) is 0 Å². The van der Waals surface area contributed by atoms with E-state index in [2.05, 4.69) is 9.97 Å². The standard InChI is InChI=1S/C15H19N3O2/c1-2-12-10-15(20)17-14(16-12)11-18(8-9-19)13-6-4-3-5-7-13/h3-7,10,19H,2,8-9,11H2,1H3,(H,16,17,20). The number of aromatic amines is 1. The van der Waals surface area contributed by atoms with Crippen LogP contribution in [0.3, 0.4) is 0 Å². The fourth-order valence-electron chi connectivity index (χ4n) is 2.06. The van der Waals surface area contributed by atoms with Gasteiger partial charge in [-0.3, -0.25) is 4.79 Å². The second-order valence-corrected chi connectivity index (χ2v) is 4.52. The highest BCUT2D eigenvalue weighted by molar-refractivity contribution is 5.45. The molecule has 20 heavy (non-hydrogen) atoms. The van der Waals surface area contributed by atoms with Gasteiger partial charge in [-0.05, 0) is 18.6 Å². The number of aliphatic hydroxyl groups is 1. The molecule has 0 aliphatic rings. The fourth-order valence-corrected chi connectivity index (χ4v) is 2.06. The number of nitrogens with one attached hydrogen (secondary N) is 1. The lowest BCUT2D eigenvalue weighted by Gasteiger charge is -2.23. The third-order valence-corrected chi connectivity index (χ3v) is 3.04. The topological polar surface area (TPSA) is 69.2 Å². The summed E-state index contributed by atoms with van der Waals surface area (Å²) in [5.41, 5.74) is 1.63. The Hall–Kier alpha value is -2.14. The SMILES string of the molecule is CCc1cc(=O)[nH]c(CN(CCO)c2ccccc2)n1. The molecule has 0 spiro atoms. The average molecular weight is 273 g/mol. The number of para-hydroxylation sites is 1. The Bertz CT molecular complexity index is 596. The third kappa shape index (κ3) is 3.68. The van der Waals surface area contributed by atoms with Crippen LogP contribution in [0.2, 0.25) is 0 Å². The second-order valence-electron chi connectivity index (χ2n) is 4.52. The van der Waals surface area contributed by atoms with Crippen LogP contribution in [-0.4, -0.2) is 28.2 Å². The van der Waals surface area contributed by atoms with Gasteiger partial charge in [0.2, 0.25) is 0 Å². The Labute approximate surface area is 117 Å². The molecule has 0 saturated carbocycles. The average Bonchev–Trinajstić information content (AvgIpc) is 2.47. The first-order chi connectivity index (χ1) is 9.72. The van der Waals surface area contributed by atoms with Gasteiger partial charge >= 0.3 is 0 Å². The van der Waals surface area contributed by atoms with Gasteiger partial charge in [0.15, 0.2) is 0 Å². The molecule has 1 heterocycles. The van der Waals surface area contributed by atoms with E-state index >= 15 is 0 Å². The number of benzene rings is 1. The molecule has 2 aromatic rings. The Morgan fingerprint density at radius 1 is 1.30 bits per heavy atom. The lowest BCUT2D eigenvalue weighted by Crippen LogP contribution is -2.28. The highest BCUT2D eigenvalue weighted by atomic mass is 16.3. The minimum Gasteiger partial charge on any atom is -0.395 e. The molecule has 106 valence electrons. The predicted octanol–water partition coefficient (Wildman–Crippen LogP) is 1.33. The van der Waals surface area contributed by atoms with E-state index in [0.717, 1.165) is 17.8 Å². The van der Waals surface area contributed by atoms with Gasteiger partial charge in [0.25, 0.3) is 5.56 Å². The lowest BCUT2D eigenvalue weighted by atomic mass is 10.2. The van der Waals surface area contributed by atoms with E-state index in [-0.39, 0.29) is 12.2 Å². The van der Waals surface area contributed by atoms with E-state index in [1.807, 2.05) is 42.2 Å². The molecule has 0 atom stereocenters. The number of hydrogen-bond acceptors (Lipinski definition) is 4. The Morgan fingerprint density at radius 3 is 2.70 bits per heavy atom. The molecule has 2 rings (SSSR count). The summed E-state index contributed by atoms with van der Waals surface area (Å²) in [6, 6.07) is 11.3. The van der Waals surface area contributed by atoms with Crippen LogP contribution in [0.5, 0.6) is 0 Å². The van der Waals surface area contributed by atoms with E-state index in [0.29, 0.717) is 18.9 Å². The maximum Gasteiger partial charge on any atom is 0.251 e. The van der Waals surface area contributed by atoms with Crippen molar-refractivity contribution in [2.45, 2.75) is 19.9 Å². The van der Waals surface area contributed by atoms with E-state index in [1.54, 1.807) is 0 Å². The number of anilines is 1. The molecule has 0 aliphatic carbocycles. The molecule has 0 aliphatic heterocycles. The molecule has 0 fully saturated rings. The van der Waals surface area contributed by atoms with Gasteiger partial charge in [0.1, 0.15) is 5.82 Å². The van der Waals surface area contributed by atoms with Crippen molar-refractivity contribution in [3.05, 3.63) is 58.3 Å². The van der Waals surface area contributed by atoms with Gasteiger partial charge in [0.05, 0.1) is 13.2 Å². The molecule has 0 bridgehead atoms. The van der Waals surface area contributed by atoms with Gasteiger partial charge in [0, 0.05) is 24.0 Å². The zero-order chi connectivity index (χ0) is 14.4. The van der Waals surface area contributed by atoms with Crippen molar-refractivity contribution >= 4 is 5.69 Å². The first-order valence-electron chi connectivity index (χ1n) is 6.73. The lowest BCUT2D eigenvalue weighted by molar-refractivity contribution is 0.301.